The van der Waals surface area contributed by atoms with Crippen LogP contribution >= 0.6 is 15.9 Å². The molecule has 82 valence electrons. The molecule has 2 nitrogen and oxygen atoms in total. The van der Waals surface area contributed by atoms with Crippen molar-refractivity contribution in [2.45, 2.75) is 33.1 Å². The summed E-state index contributed by atoms with van der Waals surface area (Å²) in [4.78, 5) is 10.6. The molecule has 1 unspecified atom stereocenters. The lowest BCUT2D eigenvalue weighted by molar-refractivity contribution is -0.137. The molecule has 0 aromatic heterocycles. The van der Waals surface area contributed by atoms with Crippen molar-refractivity contribution in [2.24, 2.45) is 0 Å². The third kappa shape index (κ3) is 2.81. The van der Waals surface area contributed by atoms with Gasteiger partial charge in [-0.1, -0.05) is 35.0 Å². The number of halogens is 1. The highest BCUT2D eigenvalue weighted by Crippen LogP contribution is 2.30. The Morgan fingerprint density at radius 2 is 2.07 bits per heavy atom. The first kappa shape index (κ1) is 12.2. The van der Waals surface area contributed by atoms with Gasteiger partial charge in [0.25, 0.3) is 0 Å². The van der Waals surface area contributed by atoms with Crippen LogP contribution in [0.5, 0.6) is 0 Å². The van der Waals surface area contributed by atoms with E-state index in [4.69, 9.17) is 5.11 Å². The summed E-state index contributed by atoms with van der Waals surface area (Å²) in [6.45, 7) is 5.99. The zero-order chi connectivity index (χ0) is 11.6. The van der Waals surface area contributed by atoms with Gasteiger partial charge in [0.2, 0.25) is 0 Å². The van der Waals surface area contributed by atoms with Crippen molar-refractivity contribution in [3.8, 4) is 0 Å². The van der Waals surface area contributed by atoms with E-state index in [-0.39, 0.29) is 12.3 Å². The van der Waals surface area contributed by atoms with Crippen molar-refractivity contribution in [1.82, 2.24) is 0 Å². The number of hydrogen-bond acceptors (Lipinski definition) is 1. The first-order chi connectivity index (χ1) is 6.93. The second kappa shape index (κ2) is 4.79. The average molecular weight is 271 g/mol. The van der Waals surface area contributed by atoms with Gasteiger partial charge in [-0.25, -0.2) is 0 Å². The minimum atomic E-state index is -0.751. The van der Waals surface area contributed by atoms with Crippen LogP contribution in [0.1, 0.15) is 36.0 Å². The summed E-state index contributed by atoms with van der Waals surface area (Å²) in [5.41, 5.74) is 3.43. The van der Waals surface area contributed by atoms with Crippen molar-refractivity contribution in [2.75, 3.05) is 0 Å². The van der Waals surface area contributed by atoms with Gasteiger partial charge >= 0.3 is 5.97 Å². The van der Waals surface area contributed by atoms with Crippen LogP contribution in [-0.4, -0.2) is 11.1 Å². The van der Waals surface area contributed by atoms with Crippen LogP contribution in [0.25, 0.3) is 0 Å². The normalized spacial score (nSPS) is 12.5. The van der Waals surface area contributed by atoms with Crippen molar-refractivity contribution in [3.63, 3.8) is 0 Å². The van der Waals surface area contributed by atoms with Gasteiger partial charge in [-0.15, -0.1) is 0 Å². The van der Waals surface area contributed by atoms with E-state index < -0.39 is 5.97 Å². The Morgan fingerprint density at radius 3 is 2.60 bits per heavy atom. The summed E-state index contributed by atoms with van der Waals surface area (Å²) in [7, 11) is 0. The van der Waals surface area contributed by atoms with Crippen LogP contribution in [0.4, 0.5) is 0 Å². The standard InChI is InChI=1S/C12H15BrO2/c1-7-4-5-10(9(3)12(7)13)8(2)6-11(14)15/h4-5,8H,6H2,1-3H3,(H,14,15). The summed E-state index contributed by atoms with van der Waals surface area (Å²) in [6.07, 6.45) is 0.177. The van der Waals surface area contributed by atoms with Crippen LogP contribution in [0.3, 0.4) is 0 Å². The molecular weight excluding hydrogens is 256 g/mol. The second-order valence-corrected chi connectivity index (χ2v) is 4.70. The zero-order valence-corrected chi connectivity index (χ0v) is 10.8. The van der Waals surface area contributed by atoms with Crippen LogP contribution in [0, 0.1) is 13.8 Å². The fourth-order valence-electron chi connectivity index (χ4n) is 1.74. The fraction of sp³-hybridized carbons (Fsp3) is 0.417. The number of carboxylic acids is 1. The first-order valence-corrected chi connectivity index (χ1v) is 5.70. The van der Waals surface area contributed by atoms with Gasteiger partial charge in [-0.2, -0.15) is 0 Å². The molecule has 0 saturated heterocycles. The molecule has 0 fully saturated rings. The summed E-state index contributed by atoms with van der Waals surface area (Å²) >= 11 is 3.52. The molecule has 0 radical (unpaired) electrons. The average Bonchev–Trinajstić information content (AvgIpc) is 2.13. The molecule has 3 heteroatoms. The van der Waals surface area contributed by atoms with E-state index in [1.165, 1.54) is 5.56 Å². The van der Waals surface area contributed by atoms with Crippen LogP contribution in [0.15, 0.2) is 16.6 Å². The number of aryl methyl sites for hydroxylation is 1. The largest absolute Gasteiger partial charge is 0.481 e. The molecule has 1 aromatic rings. The molecule has 0 saturated carbocycles. The van der Waals surface area contributed by atoms with Gasteiger partial charge in [0.1, 0.15) is 0 Å². The molecule has 15 heavy (non-hydrogen) atoms. The van der Waals surface area contributed by atoms with E-state index in [9.17, 15) is 4.79 Å². The summed E-state index contributed by atoms with van der Waals surface area (Å²) in [5, 5.41) is 8.75. The number of benzene rings is 1. The molecule has 0 amide bonds. The molecule has 1 N–H and O–H groups in total. The lowest BCUT2D eigenvalue weighted by Gasteiger charge is -2.15. The second-order valence-electron chi connectivity index (χ2n) is 3.91. The molecule has 0 aliphatic heterocycles. The Bertz CT molecular complexity index is 385. The highest BCUT2D eigenvalue weighted by atomic mass is 79.9. The van der Waals surface area contributed by atoms with Gasteiger partial charge in [0.15, 0.2) is 0 Å². The molecule has 0 bridgehead atoms. The predicted molar refractivity (Wildman–Crippen MR) is 64.3 cm³/mol. The monoisotopic (exact) mass is 270 g/mol. The maximum absolute atomic E-state index is 10.6. The molecule has 1 atom stereocenters. The van der Waals surface area contributed by atoms with Crippen LogP contribution in [0.2, 0.25) is 0 Å². The Hall–Kier alpha value is -0.830. The van der Waals surface area contributed by atoms with Gasteiger partial charge in [-0.3, -0.25) is 4.79 Å². The summed E-state index contributed by atoms with van der Waals surface area (Å²) in [6, 6.07) is 4.04. The van der Waals surface area contributed by atoms with Gasteiger partial charge in [-0.05, 0) is 36.5 Å². The number of carbonyl (C=O) groups is 1. The van der Waals surface area contributed by atoms with E-state index >= 15 is 0 Å². The SMILES string of the molecule is Cc1ccc(C(C)CC(=O)O)c(C)c1Br. The number of carboxylic acid groups (broad SMARTS) is 1. The van der Waals surface area contributed by atoms with E-state index in [1.54, 1.807) is 0 Å². The maximum atomic E-state index is 10.6. The van der Waals surface area contributed by atoms with Gasteiger partial charge in [0, 0.05) is 4.47 Å². The van der Waals surface area contributed by atoms with E-state index in [0.717, 1.165) is 15.6 Å². The Balaban J connectivity index is 3.05. The minimum Gasteiger partial charge on any atom is -0.481 e. The van der Waals surface area contributed by atoms with Crippen LogP contribution in [-0.2, 0) is 4.79 Å². The van der Waals surface area contributed by atoms with Crippen molar-refractivity contribution in [3.05, 3.63) is 33.3 Å². The van der Waals surface area contributed by atoms with Gasteiger partial charge < -0.3 is 5.11 Å². The third-order valence-electron chi connectivity index (χ3n) is 2.63. The smallest absolute Gasteiger partial charge is 0.303 e. The van der Waals surface area contributed by atoms with Crippen molar-refractivity contribution in [1.29, 1.82) is 0 Å². The van der Waals surface area contributed by atoms with Gasteiger partial charge in [0.05, 0.1) is 6.42 Å². The molecule has 0 aliphatic rings. The fourth-order valence-corrected chi connectivity index (χ4v) is 2.10. The molecule has 0 spiro atoms. The highest BCUT2D eigenvalue weighted by molar-refractivity contribution is 9.10. The molecule has 0 heterocycles. The Kier molecular flexibility index (Phi) is 3.91. The Morgan fingerprint density at radius 1 is 1.47 bits per heavy atom. The first-order valence-electron chi connectivity index (χ1n) is 4.91. The highest BCUT2D eigenvalue weighted by Gasteiger charge is 2.14. The number of rotatable bonds is 3. The van der Waals surface area contributed by atoms with Crippen molar-refractivity contribution >= 4 is 21.9 Å². The summed E-state index contributed by atoms with van der Waals surface area (Å²) in [5.74, 6) is -0.696. The third-order valence-corrected chi connectivity index (χ3v) is 3.85. The van der Waals surface area contributed by atoms with Crippen LogP contribution < -0.4 is 0 Å². The number of hydrogen-bond donors (Lipinski definition) is 1. The maximum Gasteiger partial charge on any atom is 0.303 e. The molecular formula is C12H15BrO2. The molecule has 0 aliphatic carbocycles. The Labute approximate surface area is 98.4 Å². The topological polar surface area (TPSA) is 37.3 Å². The molecule has 1 aromatic carbocycles. The van der Waals surface area contributed by atoms with E-state index in [0.29, 0.717) is 0 Å². The van der Waals surface area contributed by atoms with E-state index in [2.05, 4.69) is 15.9 Å². The minimum absolute atomic E-state index is 0.0550. The molecule has 1 rings (SSSR count). The van der Waals surface area contributed by atoms with E-state index in [1.807, 2.05) is 32.9 Å². The lowest BCUT2D eigenvalue weighted by atomic mass is 9.93. The number of aliphatic carboxylic acids is 1. The zero-order valence-electron chi connectivity index (χ0n) is 9.17. The lowest BCUT2D eigenvalue weighted by Crippen LogP contribution is -2.05. The summed E-state index contributed by atoms with van der Waals surface area (Å²) < 4.78 is 1.08. The van der Waals surface area contributed by atoms with Crippen molar-refractivity contribution < 1.29 is 9.90 Å². The predicted octanol–water partition coefficient (Wildman–Crippen LogP) is 3.64. The quantitative estimate of drug-likeness (QED) is 0.911.